The zero-order valence-corrected chi connectivity index (χ0v) is 16.3. The summed E-state index contributed by atoms with van der Waals surface area (Å²) in [4.78, 5) is 15.2. The minimum atomic E-state index is -0.956. The highest BCUT2D eigenvalue weighted by Gasteiger charge is 2.43. The first kappa shape index (κ1) is 20.4. The average molecular weight is 388 g/mol. The second-order valence-corrected chi connectivity index (χ2v) is 7.42. The summed E-state index contributed by atoms with van der Waals surface area (Å²) in [5, 5.41) is 2.99. The molecule has 0 spiro atoms. The third-order valence-electron chi connectivity index (χ3n) is 5.48. The molecule has 1 fully saturated rings. The molecule has 0 radical (unpaired) electrons. The third-order valence-corrected chi connectivity index (χ3v) is 5.48. The standard InChI is InChI=1S/C22H26F2N2O2/c1-26(2)20(16-6-5-7-17(23)14-16)15-25-21(27)22(10-12-28-13-11-22)18-8-3-4-9-19(18)24/h3-9,14,20H,10-13,15H2,1-2H3,(H,25,27)/t20-/m0/s1. The van der Waals surface area contributed by atoms with E-state index in [1.165, 1.54) is 18.2 Å². The van der Waals surface area contributed by atoms with Gasteiger partial charge in [0.2, 0.25) is 5.91 Å². The van der Waals surface area contributed by atoms with Crippen molar-refractivity contribution in [2.24, 2.45) is 0 Å². The molecule has 1 heterocycles. The smallest absolute Gasteiger partial charge is 0.231 e. The molecule has 1 saturated heterocycles. The summed E-state index contributed by atoms with van der Waals surface area (Å²) >= 11 is 0. The van der Waals surface area contributed by atoms with E-state index < -0.39 is 5.41 Å². The van der Waals surface area contributed by atoms with Crippen LogP contribution in [0.4, 0.5) is 8.78 Å². The van der Waals surface area contributed by atoms with E-state index in [1.54, 1.807) is 24.3 Å². The highest BCUT2D eigenvalue weighted by Crippen LogP contribution is 2.36. The van der Waals surface area contributed by atoms with Gasteiger partial charge in [0.15, 0.2) is 0 Å². The van der Waals surface area contributed by atoms with Crippen LogP contribution in [0.15, 0.2) is 48.5 Å². The van der Waals surface area contributed by atoms with Crippen molar-refractivity contribution in [3.05, 3.63) is 71.3 Å². The van der Waals surface area contributed by atoms with Crippen LogP contribution in [0.5, 0.6) is 0 Å². The molecular formula is C22H26F2N2O2. The number of hydrogen-bond donors (Lipinski definition) is 1. The number of amides is 1. The molecule has 1 amide bonds. The zero-order valence-electron chi connectivity index (χ0n) is 16.3. The van der Waals surface area contributed by atoms with Gasteiger partial charge in [-0.05, 0) is 50.7 Å². The molecule has 6 heteroatoms. The van der Waals surface area contributed by atoms with Crippen molar-refractivity contribution in [3.8, 4) is 0 Å². The highest BCUT2D eigenvalue weighted by atomic mass is 19.1. The molecule has 4 nitrogen and oxygen atoms in total. The summed E-state index contributed by atoms with van der Waals surface area (Å²) < 4.78 is 33.6. The first-order valence-corrected chi connectivity index (χ1v) is 9.47. The largest absolute Gasteiger partial charge is 0.381 e. The molecule has 1 aliphatic rings. The van der Waals surface area contributed by atoms with Gasteiger partial charge >= 0.3 is 0 Å². The predicted octanol–water partition coefficient (Wildman–Crippen LogP) is 3.43. The Balaban J connectivity index is 1.83. The number of nitrogens with one attached hydrogen (secondary N) is 1. The normalized spacial score (nSPS) is 17.3. The Morgan fingerprint density at radius 1 is 1.14 bits per heavy atom. The molecule has 2 aromatic carbocycles. The fraction of sp³-hybridized carbons (Fsp3) is 0.409. The average Bonchev–Trinajstić information content (AvgIpc) is 2.68. The van der Waals surface area contributed by atoms with Gasteiger partial charge in [-0.15, -0.1) is 0 Å². The lowest BCUT2D eigenvalue weighted by Crippen LogP contribution is -2.50. The molecule has 0 bridgehead atoms. The van der Waals surface area contributed by atoms with Crippen LogP contribution >= 0.6 is 0 Å². The molecule has 1 N–H and O–H groups in total. The van der Waals surface area contributed by atoms with Gasteiger partial charge in [0.1, 0.15) is 11.6 Å². The molecule has 1 aliphatic heterocycles. The van der Waals surface area contributed by atoms with E-state index in [-0.39, 0.29) is 23.6 Å². The van der Waals surface area contributed by atoms with Crippen LogP contribution in [0.2, 0.25) is 0 Å². The van der Waals surface area contributed by atoms with Gasteiger partial charge in [0.25, 0.3) is 0 Å². The highest BCUT2D eigenvalue weighted by molar-refractivity contribution is 5.88. The van der Waals surface area contributed by atoms with Crippen LogP contribution in [-0.2, 0) is 14.9 Å². The lowest BCUT2D eigenvalue weighted by atomic mass is 9.73. The molecule has 0 saturated carbocycles. The molecule has 0 aromatic heterocycles. The Kier molecular flexibility index (Phi) is 6.42. The van der Waals surface area contributed by atoms with Crippen LogP contribution < -0.4 is 5.32 Å². The fourth-order valence-electron chi connectivity index (χ4n) is 3.86. The van der Waals surface area contributed by atoms with Crippen LogP contribution in [0.3, 0.4) is 0 Å². The van der Waals surface area contributed by atoms with Crippen molar-refractivity contribution in [2.45, 2.75) is 24.3 Å². The number of carbonyl (C=O) groups is 1. The SMILES string of the molecule is CN(C)[C@@H](CNC(=O)C1(c2ccccc2F)CCOCC1)c1cccc(F)c1. The van der Waals surface area contributed by atoms with E-state index in [9.17, 15) is 13.6 Å². The Hall–Kier alpha value is -2.31. The van der Waals surface area contributed by atoms with E-state index >= 15 is 0 Å². The van der Waals surface area contributed by atoms with Crippen molar-refractivity contribution < 1.29 is 18.3 Å². The van der Waals surface area contributed by atoms with Gasteiger partial charge in [-0.2, -0.15) is 0 Å². The summed E-state index contributed by atoms with van der Waals surface area (Å²) in [6.45, 7) is 1.11. The van der Waals surface area contributed by atoms with E-state index in [2.05, 4.69) is 5.32 Å². The zero-order chi connectivity index (χ0) is 20.1. The number of ether oxygens (including phenoxy) is 1. The number of likely N-dealkylation sites (N-methyl/N-ethyl adjacent to an activating group) is 1. The van der Waals surface area contributed by atoms with Gasteiger partial charge in [-0.3, -0.25) is 4.79 Å². The molecule has 2 aromatic rings. The summed E-state index contributed by atoms with van der Waals surface area (Å²) in [6, 6.07) is 12.6. The lowest BCUT2D eigenvalue weighted by Gasteiger charge is -2.37. The molecule has 150 valence electrons. The Labute approximate surface area is 164 Å². The van der Waals surface area contributed by atoms with Crippen molar-refractivity contribution in [3.63, 3.8) is 0 Å². The Bertz CT molecular complexity index is 820. The third kappa shape index (κ3) is 4.23. The first-order chi connectivity index (χ1) is 13.4. The molecular weight excluding hydrogens is 362 g/mol. The van der Waals surface area contributed by atoms with Crippen molar-refractivity contribution in [1.82, 2.24) is 10.2 Å². The molecule has 0 unspecified atom stereocenters. The maximum atomic E-state index is 14.5. The van der Waals surface area contributed by atoms with Gasteiger partial charge in [0, 0.05) is 25.3 Å². The fourth-order valence-corrected chi connectivity index (χ4v) is 3.86. The summed E-state index contributed by atoms with van der Waals surface area (Å²) in [5.41, 5.74) is 0.225. The van der Waals surface area contributed by atoms with Gasteiger partial charge in [-0.25, -0.2) is 8.78 Å². The minimum Gasteiger partial charge on any atom is -0.381 e. The Morgan fingerprint density at radius 2 is 1.86 bits per heavy atom. The lowest BCUT2D eigenvalue weighted by molar-refractivity contribution is -0.130. The van der Waals surface area contributed by atoms with Crippen LogP contribution in [-0.4, -0.2) is 44.7 Å². The molecule has 3 rings (SSSR count). The monoisotopic (exact) mass is 388 g/mol. The van der Waals surface area contributed by atoms with E-state index in [4.69, 9.17) is 4.74 Å². The van der Waals surface area contributed by atoms with E-state index in [0.717, 1.165) is 5.56 Å². The van der Waals surface area contributed by atoms with Gasteiger partial charge in [0.05, 0.1) is 11.5 Å². The van der Waals surface area contributed by atoms with Crippen molar-refractivity contribution in [1.29, 1.82) is 0 Å². The second-order valence-electron chi connectivity index (χ2n) is 7.42. The summed E-state index contributed by atoms with van der Waals surface area (Å²) in [6.07, 6.45) is 0.846. The number of nitrogens with zero attached hydrogens (tertiary/aromatic N) is 1. The molecule has 0 aliphatic carbocycles. The topological polar surface area (TPSA) is 41.6 Å². The second kappa shape index (κ2) is 8.80. The minimum absolute atomic E-state index is 0.197. The van der Waals surface area contributed by atoms with Gasteiger partial charge < -0.3 is 15.0 Å². The van der Waals surface area contributed by atoms with Crippen molar-refractivity contribution >= 4 is 5.91 Å². The summed E-state index contributed by atoms with van der Waals surface area (Å²) in [7, 11) is 3.76. The number of hydrogen-bond acceptors (Lipinski definition) is 3. The Morgan fingerprint density at radius 3 is 2.50 bits per heavy atom. The molecule has 28 heavy (non-hydrogen) atoms. The quantitative estimate of drug-likeness (QED) is 0.824. The van der Waals surface area contributed by atoms with E-state index in [0.29, 0.717) is 38.2 Å². The maximum absolute atomic E-state index is 14.5. The first-order valence-electron chi connectivity index (χ1n) is 9.47. The van der Waals surface area contributed by atoms with E-state index in [1.807, 2.05) is 25.1 Å². The summed E-state index contributed by atoms with van der Waals surface area (Å²) in [5.74, 6) is -0.916. The number of benzene rings is 2. The number of halogens is 2. The predicted molar refractivity (Wildman–Crippen MR) is 104 cm³/mol. The number of rotatable bonds is 6. The van der Waals surface area contributed by atoms with Crippen LogP contribution in [0.1, 0.15) is 30.0 Å². The van der Waals surface area contributed by atoms with Crippen LogP contribution in [0.25, 0.3) is 0 Å². The number of carbonyl (C=O) groups excluding carboxylic acids is 1. The maximum Gasteiger partial charge on any atom is 0.231 e. The van der Waals surface area contributed by atoms with Crippen molar-refractivity contribution in [2.75, 3.05) is 33.9 Å². The van der Waals surface area contributed by atoms with Gasteiger partial charge in [-0.1, -0.05) is 30.3 Å². The molecule has 1 atom stereocenters. The van der Waals surface area contributed by atoms with Crippen LogP contribution in [0, 0.1) is 11.6 Å².